The summed E-state index contributed by atoms with van der Waals surface area (Å²) < 4.78 is 0. The van der Waals surface area contributed by atoms with Crippen molar-refractivity contribution in [2.45, 2.75) is 181 Å². The standard InChI is InChI=1S/C34H70N2/c1-3-5-7-9-11-13-15-17-19-21-23-25-27-29-35-31-33-36(34-32-35)30-28-26-24-22-20-18-16-14-12-10-8-6-4-2/h3-34H2,1-2H3. The molecule has 0 aromatic rings. The Morgan fingerprint density at radius 1 is 0.278 bits per heavy atom. The SMILES string of the molecule is CCCCCCCCCCCCCCCN1CCN(CCCCCCCCCCCCCCC)CC1. The highest BCUT2D eigenvalue weighted by Gasteiger charge is 2.15. The normalized spacial score (nSPS) is 15.2. The third-order valence-electron chi connectivity index (χ3n) is 8.62. The summed E-state index contributed by atoms with van der Waals surface area (Å²) in [5, 5.41) is 0. The molecule has 0 saturated carbocycles. The van der Waals surface area contributed by atoms with Gasteiger partial charge in [0.05, 0.1) is 0 Å². The topological polar surface area (TPSA) is 6.48 Å². The van der Waals surface area contributed by atoms with E-state index < -0.39 is 0 Å². The van der Waals surface area contributed by atoms with Crippen molar-refractivity contribution in [1.82, 2.24) is 9.80 Å². The van der Waals surface area contributed by atoms with Crippen LogP contribution in [0.15, 0.2) is 0 Å². The molecule has 1 saturated heterocycles. The summed E-state index contributed by atoms with van der Waals surface area (Å²) >= 11 is 0. The maximum Gasteiger partial charge on any atom is 0.0110 e. The zero-order valence-corrected chi connectivity index (χ0v) is 25.5. The first-order valence-electron chi connectivity index (χ1n) is 17.3. The molecule has 0 aromatic carbocycles. The van der Waals surface area contributed by atoms with Gasteiger partial charge in [-0.05, 0) is 25.9 Å². The first-order valence-corrected chi connectivity index (χ1v) is 17.3. The zero-order valence-electron chi connectivity index (χ0n) is 25.5. The Hall–Kier alpha value is -0.0800. The molecule has 1 rings (SSSR count). The van der Waals surface area contributed by atoms with E-state index in [4.69, 9.17) is 0 Å². The first-order chi connectivity index (χ1) is 17.9. The number of hydrogen-bond acceptors (Lipinski definition) is 2. The van der Waals surface area contributed by atoms with Gasteiger partial charge in [-0.25, -0.2) is 0 Å². The molecule has 1 fully saturated rings. The van der Waals surface area contributed by atoms with Crippen LogP contribution in [-0.2, 0) is 0 Å². The second kappa shape index (κ2) is 27.9. The number of piperazine rings is 1. The largest absolute Gasteiger partial charge is 0.301 e. The number of nitrogens with zero attached hydrogens (tertiary/aromatic N) is 2. The van der Waals surface area contributed by atoms with Crippen LogP contribution in [0.25, 0.3) is 0 Å². The summed E-state index contributed by atoms with van der Waals surface area (Å²) in [6.45, 7) is 12.6. The fourth-order valence-corrected chi connectivity index (χ4v) is 5.94. The van der Waals surface area contributed by atoms with Crippen molar-refractivity contribution >= 4 is 0 Å². The second-order valence-electron chi connectivity index (χ2n) is 12.2. The fraction of sp³-hybridized carbons (Fsp3) is 1.00. The van der Waals surface area contributed by atoms with Crippen LogP contribution in [0.3, 0.4) is 0 Å². The molecule has 36 heavy (non-hydrogen) atoms. The summed E-state index contributed by atoms with van der Waals surface area (Å²) in [5.41, 5.74) is 0. The maximum atomic E-state index is 2.73. The average molecular weight is 507 g/mol. The molecule has 0 amide bonds. The van der Waals surface area contributed by atoms with Crippen molar-refractivity contribution in [3.63, 3.8) is 0 Å². The summed E-state index contributed by atoms with van der Waals surface area (Å²) in [6, 6.07) is 0. The number of hydrogen-bond donors (Lipinski definition) is 0. The highest BCUT2D eigenvalue weighted by atomic mass is 15.3. The van der Waals surface area contributed by atoms with Crippen molar-refractivity contribution < 1.29 is 0 Å². The molecule has 0 spiro atoms. The van der Waals surface area contributed by atoms with E-state index in [2.05, 4.69) is 23.6 Å². The van der Waals surface area contributed by atoms with Crippen molar-refractivity contribution in [2.75, 3.05) is 39.3 Å². The van der Waals surface area contributed by atoms with Crippen molar-refractivity contribution in [2.24, 2.45) is 0 Å². The number of rotatable bonds is 28. The molecule has 0 atom stereocenters. The molecule has 2 heteroatoms. The highest BCUT2D eigenvalue weighted by molar-refractivity contribution is 4.72. The minimum absolute atomic E-state index is 1.32. The van der Waals surface area contributed by atoms with Gasteiger partial charge >= 0.3 is 0 Å². The van der Waals surface area contributed by atoms with Crippen molar-refractivity contribution in [3.8, 4) is 0 Å². The van der Waals surface area contributed by atoms with Gasteiger partial charge < -0.3 is 9.80 Å². The van der Waals surface area contributed by atoms with E-state index in [-0.39, 0.29) is 0 Å². The van der Waals surface area contributed by atoms with Crippen LogP contribution in [-0.4, -0.2) is 49.1 Å². The predicted octanol–water partition coefficient (Wildman–Crippen LogP) is 10.8. The summed E-state index contributed by atoms with van der Waals surface area (Å²) in [7, 11) is 0. The fourth-order valence-electron chi connectivity index (χ4n) is 5.94. The molecular formula is C34H70N2. The molecule has 0 aliphatic carbocycles. The van der Waals surface area contributed by atoms with Gasteiger partial charge in [-0.3, -0.25) is 0 Å². The van der Waals surface area contributed by atoms with E-state index >= 15 is 0 Å². The van der Waals surface area contributed by atoms with Gasteiger partial charge in [0.1, 0.15) is 0 Å². The lowest BCUT2D eigenvalue weighted by atomic mass is 10.0. The lowest BCUT2D eigenvalue weighted by molar-refractivity contribution is 0.129. The summed E-state index contributed by atoms with van der Waals surface area (Å²) in [5.74, 6) is 0. The third kappa shape index (κ3) is 23.1. The maximum absolute atomic E-state index is 2.73. The van der Waals surface area contributed by atoms with Crippen molar-refractivity contribution in [3.05, 3.63) is 0 Å². The van der Waals surface area contributed by atoms with Gasteiger partial charge in [-0.2, -0.15) is 0 Å². The monoisotopic (exact) mass is 507 g/mol. The lowest BCUT2D eigenvalue weighted by Crippen LogP contribution is -2.46. The molecule has 1 aliphatic heterocycles. The molecule has 1 aliphatic rings. The van der Waals surface area contributed by atoms with Crippen LogP contribution in [0.2, 0.25) is 0 Å². The van der Waals surface area contributed by atoms with E-state index in [1.807, 2.05) is 0 Å². The van der Waals surface area contributed by atoms with Gasteiger partial charge in [0.2, 0.25) is 0 Å². The molecule has 1 heterocycles. The first kappa shape index (κ1) is 33.9. The molecule has 0 N–H and O–H groups in total. The zero-order chi connectivity index (χ0) is 25.8. The van der Waals surface area contributed by atoms with Gasteiger partial charge in [0.15, 0.2) is 0 Å². The Morgan fingerprint density at radius 2 is 0.472 bits per heavy atom. The molecular weight excluding hydrogens is 436 g/mol. The van der Waals surface area contributed by atoms with Crippen molar-refractivity contribution in [1.29, 1.82) is 0 Å². The Labute approximate surface area is 229 Å². The van der Waals surface area contributed by atoms with Crippen LogP contribution >= 0.6 is 0 Å². The Morgan fingerprint density at radius 3 is 0.694 bits per heavy atom. The molecule has 0 unspecified atom stereocenters. The molecule has 0 radical (unpaired) electrons. The average Bonchev–Trinajstić information content (AvgIpc) is 2.90. The molecule has 2 nitrogen and oxygen atoms in total. The van der Waals surface area contributed by atoms with Crippen LogP contribution in [0.1, 0.15) is 181 Å². The van der Waals surface area contributed by atoms with E-state index in [0.29, 0.717) is 0 Å². The summed E-state index contributed by atoms with van der Waals surface area (Å²) in [4.78, 5) is 5.47. The number of unbranched alkanes of at least 4 members (excludes halogenated alkanes) is 24. The quantitative estimate of drug-likeness (QED) is 0.0973. The Kier molecular flexibility index (Phi) is 26.3. The smallest absolute Gasteiger partial charge is 0.0110 e. The summed E-state index contributed by atoms with van der Waals surface area (Å²) in [6.07, 6.45) is 37.9. The van der Waals surface area contributed by atoms with Gasteiger partial charge in [-0.15, -0.1) is 0 Å². The van der Waals surface area contributed by atoms with Crippen LogP contribution < -0.4 is 0 Å². The van der Waals surface area contributed by atoms with Gasteiger partial charge in [-0.1, -0.05) is 168 Å². The lowest BCUT2D eigenvalue weighted by Gasteiger charge is -2.34. The van der Waals surface area contributed by atoms with E-state index in [1.165, 1.54) is 206 Å². The highest BCUT2D eigenvalue weighted by Crippen LogP contribution is 2.15. The molecule has 0 bridgehead atoms. The van der Waals surface area contributed by atoms with E-state index in [1.54, 1.807) is 0 Å². The van der Waals surface area contributed by atoms with Crippen LogP contribution in [0.4, 0.5) is 0 Å². The van der Waals surface area contributed by atoms with E-state index in [0.717, 1.165) is 0 Å². The van der Waals surface area contributed by atoms with Crippen LogP contribution in [0.5, 0.6) is 0 Å². The van der Waals surface area contributed by atoms with Gasteiger partial charge in [0.25, 0.3) is 0 Å². The third-order valence-corrected chi connectivity index (χ3v) is 8.62. The van der Waals surface area contributed by atoms with Crippen LogP contribution in [0, 0.1) is 0 Å². The minimum Gasteiger partial charge on any atom is -0.301 e. The predicted molar refractivity (Wildman–Crippen MR) is 164 cm³/mol. The molecule has 216 valence electrons. The second-order valence-corrected chi connectivity index (χ2v) is 12.2. The molecule has 0 aromatic heterocycles. The van der Waals surface area contributed by atoms with E-state index in [9.17, 15) is 0 Å². The Balaban J connectivity index is 1.76. The minimum atomic E-state index is 1.32. The Bertz CT molecular complexity index is 364. The van der Waals surface area contributed by atoms with Gasteiger partial charge in [0, 0.05) is 26.2 Å².